The zero-order chi connectivity index (χ0) is 44.5. The van der Waals surface area contributed by atoms with Crippen molar-refractivity contribution in [2.45, 2.75) is 167 Å². The normalized spacial score (nSPS) is 40.1. The van der Waals surface area contributed by atoms with Crippen LogP contribution in [0.15, 0.2) is 28.5 Å². The summed E-state index contributed by atoms with van der Waals surface area (Å²) in [4.78, 5) is 60.4. The number of aliphatic hydroxyl groups is 3. The van der Waals surface area contributed by atoms with Crippen LogP contribution >= 0.6 is 0 Å². The molecule has 14 atom stereocenters. The van der Waals surface area contributed by atoms with Gasteiger partial charge in [-0.15, -0.1) is 0 Å². The van der Waals surface area contributed by atoms with E-state index >= 15 is 0 Å². The number of carboxylic acid groups (broad SMARTS) is 1. The fourth-order valence-corrected chi connectivity index (χ4v) is 9.61. The number of hydrogen-bond acceptors (Lipinski definition) is 14. The minimum Gasteiger partial charge on any atom is -0.456 e. The van der Waals surface area contributed by atoms with Gasteiger partial charge in [0.1, 0.15) is 18.2 Å². The number of rotatable bonds is 7. The van der Waals surface area contributed by atoms with Gasteiger partial charge >= 0.3 is 12.1 Å². The summed E-state index contributed by atoms with van der Waals surface area (Å²) in [5, 5.41) is 47.9. The van der Waals surface area contributed by atoms with E-state index in [-0.39, 0.29) is 49.5 Å². The maximum absolute atomic E-state index is 14.4. The molecular weight excluding hydrogens is 780 g/mol. The second kappa shape index (κ2) is 22.2. The molecule has 0 radical (unpaired) electrons. The van der Waals surface area contributed by atoms with Gasteiger partial charge in [-0.1, -0.05) is 50.6 Å². The Kier molecular flexibility index (Phi) is 18.3. The molecule has 1 saturated carbocycles. The minimum absolute atomic E-state index is 0.0237. The summed E-state index contributed by atoms with van der Waals surface area (Å²) < 4.78 is 29.8. The van der Waals surface area contributed by atoms with Crippen LogP contribution in [0.2, 0.25) is 0 Å². The van der Waals surface area contributed by atoms with Crippen LogP contribution < -0.4 is 0 Å². The quantitative estimate of drug-likeness (QED) is 0.0876. The Labute approximate surface area is 354 Å². The number of allylic oxidation sites excluding steroid dienone is 3. The molecule has 340 valence electrons. The van der Waals surface area contributed by atoms with Crippen molar-refractivity contribution in [3.8, 4) is 0 Å². The number of esters is 1. The van der Waals surface area contributed by atoms with E-state index in [0.717, 1.165) is 10.5 Å². The van der Waals surface area contributed by atoms with Crippen LogP contribution in [-0.2, 0) is 42.9 Å². The van der Waals surface area contributed by atoms with E-state index in [4.69, 9.17) is 28.5 Å². The number of ether oxygens (including phenoxy) is 5. The lowest BCUT2D eigenvalue weighted by Crippen LogP contribution is -2.64. The summed E-state index contributed by atoms with van der Waals surface area (Å²) in [6, 6.07) is -1.18. The van der Waals surface area contributed by atoms with E-state index in [9.17, 15) is 39.6 Å². The third-order valence-electron chi connectivity index (χ3n) is 13.2. The summed E-state index contributed by atoms with van der Waals surface area (Å²) >= 11 is 0. The average molecular weight is 851 g/mol. The number of hydrogen-bond donors (Lipinski definition) is 4. The predicted molar refractivity (Wildman–Crippen MR) is 220 cm³/mol. The number of nitrogens with zero attached hydrogens (tertiary/aromatic N) is 2. The van der Waals surface area contributed by atoms with E-state index in [1.807, 2.05) is 32.9 Å². The second-order valence-corrected chi connectivity index (χ2v) is 17.6. The van der Waals surface area contributed by atoms with Crippen molar-refractivity contribution in [3.63, 3.8) is 0 Å². The van der Waals surface area contributed by atoms with Crippen molar-refractivity contribution in [3.05, 3.63) is 23.3 Å². The van der Waals surface area contributed by atoms with Gasteiger partial charge in [0.15, 0.2) is 0 Å². The standard InChI is InChI=1S/C44H70N2O14/c1-10-30-18-24(2)17-25(3)19-36(56-8)39-37(57-9)21-27(5)44(54,59-39)40(49)41(50)46-16-12-11-13-32(46)42(51)58-38(28(6)34(48)23-31(30)45-60-43(52)53)26(4)20-29-14-15-33(47)35(22-29)55-7/h18,20,25,27-30,32-39,47-48,54H,10-17,19,21-23H2,1-9H3,(H,52,53)/b24-18+,26-20+,45-31-/t25-,27+,28+,29-,30+,32-,33+,34-,35+,36-,37-,38+,39+,44+/m0/s1. The SMILES string of the molecule is CC[C@@H]1/C=C(\C)C[C@H](C)C[C@H](OC)[C@H]2O[C@@](O)(C(=O)C(=O)N3CCCC[C@H]3C(=O)O[C@H](/C(C)=C/[C@@H]3CC[C@@H](O)[C@H](OC)C3)[C@H](C)[C@@H](O)C/C1=N/OC(=O)O)[C@H](C)C[C@@H]2OC. The van der Waals surface area contributed by atoms with E-state index in [0.29, 0.717) is 56.9 Å². The summed E-state index contributed by atoms with van der Waals surface area (Å²) in [5.41, 5.74) is 1.86. The third-order valence-corrected chi connectivity index (χ3v) is 13.2. The van der Waals surface area contributed by atoms with Crippen LogP contribution in [0.3, 0.4) is 0 Å². The fourth-order valence-electron chi connectivity index (χ4n) is 9.61. The molecule has 3 fully saturated rings. The molecule has 0 aromatic rings. The Morgan fingerprint density at radius 1 is 0.950 bits per heavy atom. The minimum atomic E-state index is -2.53. The van der Waals surface area contributed by atoms with Gasteiger partial charge in [0.05, 0.1) is 36.2 Å². The fraction of sp³-hybridized carbons (Fsp3) is 0.795. The third kappa shape index (κ3) is 12.0. The van der Waals surface area contributed by atoms with Gasteiger partial charge < -0.3 is 49.0 Å². The number of fused-ring (bicyclic) bond motifs is 3. The highest BCUT2D eigenvalue weighted by Crippen LogP contribution is 2.39. The van der Waals surface area contributed by atoms with Gasteiger partial charge in [-0.25, -0.2) is 9.59 Å². The average Bonchev–Trinajstić information content (AvgIpc) is 3.22. The number of carbonyl (C=O) groups is 4. The number of cyclic esters (lactones) is 1. The van der Waals surface area contributed by atoms with Gasteiger partial charge in [-0.3, -0.25) is 14.4 Å². The predicted octanol–water partition coefficient (Wildman–Crippen LogP) is 4.95. The molecule has 3 heterocycles. The second-order valence-electron chi connectivity index (χ2n) is 17.6. The number of aliphatic hydroxyl groups excluding tert-OH is 2. The Balaban J connectivity index is 1.83. The number of carbonyl (C=O) groups excluding carboxylic acids is 3. The Morgan fingerprint density at radius 3 is 2.25 bits per heavy atom. The van der Waals surface area contributed by atoms with Crippen LogP contribution in [0.4, 0.5) is 4.79 Å². The molecule has 60 heavy (non-hydrogen) atoms. The first-order chi connectivity index (χ1) is 28.4. The molecule has 1 aliphatic carbocycles. The number of Topliss-reactive ketones (excluding diaryl/α,β-unsaturated/α-hetero) is 1. The highest BCUT2D eigenvalue weighted by molar-refractivity contribution is 6.39. The molecule has 16 heteroatoms. The molecule has 0 aromatic heterocycles. The van der Waals surface area contributed by atoms with Gasteiger partial charge in [-0.05, 0) is 95.5 Å². The lowest BCUT2D eigenvalue weighted by molar-refractivity contribution is -0.302. The smallest absolute Gasteiger partial charge is 0.456 e. The number of methoxy groups -OCH3 is 3. The molecule has 2 saturated heterocycles. The van der Waals surface area contributed by atoms with Crippen molar-refractivity contribution < 1.29 is 68.1 Å². The number of amides is 1. The van der Waals surface area contributed by atoms with Crippen molar-refractivity contribution in [2.24, 2.45) is 34.7 Å². The van der Waals surface area contributed by atoms with E-state index in [1.54, 1.807) is 27.9 Å². The Hall–Kier alpha value is -3.25. The van der Waals surface area contributed by atoms with Crippen LogP contribution in [0, 0.1) is 29.6 Å². The van der Waals surface area contributed by atoms with E-state index < -0.39 is 90.0 Å². The molecular formula is C44H70N2O14. The van der Waals surface area contributed by atoms with Gasteiger partial charge in [-0.2, -0.15) is 0 Å². The van der Waals surface area contributed by atoms with Gasteiger partial charge in [0.25, 0.3) is 11.7 Å². The lowest BCUT2D eigenvalue weighted by Gasteiger charge is -2.47. The first-order valence-electron chi connectivity index (χ1n) is 21.6. The zero-order valence-electron chi connectivity index (χ0n) is 36.9. The maximum atomic E-state index is 14.4. The molecule has 4 N–H and O–H groups in total. The lowest BCUT2D eigenvalue weighted by atomic mass is 9.81. The van der Waals surface area contributed by atoms with Crippen molar-refractivity contribution in [1.29, 1.82) is 0 Å². The summed E-state index contributed by atoms with van der Waals surface area (Å²) in [6.45, 7) is 11.1. The summed E-state index contributed by atoms with van der Waals surface area (Å²) in [7, 11) is 4.57. The summed E-state index contributed by atoms with van der Waals surface area (Å²) in [5.74, 6) is -7.70. The van der Waals surface area contributed by atoms with Crippen LogP contribution in [0.5, 0.6) is 0 Å². The molecule has 3 aliphatic heterocycles. The molecule has 16 nitrogen and oxygen atoms in total. The number of ketones is 1. The molecule has 4 rings (SSSR count). The highest BCUT2D eigenvalue weighted by atomic mass is 16.7. The van der Waals surface area contributed by atoms with Crippen LogP contribution in [-0.4, -0.2) is 137 Å². The van der Waals surface area contributed by atoms with Crippen molar-refractivity contribution in [2.75, 3.05) is 27.9 Å². The van der Waals surface area contributed by atoms with Gasteiger partial charge in [0.2, 0.25) is 5.79 Å². The topological polar surface area (TPSA) is 220 Å². The highest BCUT2D eigenvalue weighted by Gasteiger charge is 2.56. The molecule has 0 aromatic carbocycles. The molecule has 0 unspecified atom stereocenters. The largest absolute Gasteiger partial charge is 0.532 e. The van der Waals surface area contributed by atoms with E-state index in [1.165, 1.54) is 14.2 Å². The van der Waals surface area contributed by atoms with Crippen molar-refractivity contribution >= 4 is 29.5 Å². The molecule has 4 aliphatic rings. The Morgan fingerprint density at radius 2 is 1.62 bits per heavy atom. The number of piperidine rings is 1. The molecule has 0 spiro atoms. The van der Waals surface area contributed by atoms with Crippen molar-refractivity contribution in [1.82, 2.24) is 4.90 Å². The molecule has 2 bridgehead atoms. The Bertz CT molecular complexity index is 1580. The van der Waals surface area contributed by atoms with E-state index in [2.05, 4.69) is 5.16 Å². The summed E-state index contributed by atoms with van der Waals surface area (Å²) in [6.07, 6.45) is 1.44. The monoisotopic (exact) mass is 850 g/mol. The van der Waals surface area contributed by atoms with Gasteiger partial charge in [0, 0.05) is 52.0 Å². The molecule has 1 amide bonds. The first kappa shape index (κ1) is 49.4. The van der Waals surface area contributed by atoms with Crippen LogP contribution in [0.1, 0.15) is 112 Å². The zero-order valence-corrected chi connectivity index (χ0v) is 36.9. The number of oxime groups is 1. The maximum Gasteiger partial charge on any atom is 0.532 e. The van der Waals surface area contributed by atoms with Crippen LogP contribution in [0.25, 0.3) is 0 Å². The first-order valence-corrected chi connectivity index (χ1v) is 21.6.